The molecule has 0 amide bonds. The van der Waals surface area contributed by atoms with Gasteiger partial charge in [-0.15, -0.1) is 5.10 Å². The standard InChI is InChI=1S/C27H26N6O2/c1-2-3-11-24-28-23-10-6-7-20(17-34)25(23)27(35)33(24)16-18-12-14-19(15-13-18)21-8-4-5-9-22(21)26-29-31-32-30-26/h4-10,12-15,34H,2-3,11,16-17H2,1H3,(H,29,30,31,32). The lowest BCUT2D eigenvalue weighted by Crippen LogP contribution is -2.27. The number of rotatable bonds is 8. The van der Waals surface area contributed by atoms with Crippen LogP contribution in [-0.4, -0.2) is 35.3 Å². The number of nitrogens with one attached hydrogen (secondary N) is 1. The number of hydrogen-bond donors (Lipinski definition) is 2. The molecule has 0 radical (unpaired) electrons. The predicted molar refractivity (Wildman–Crippen MR) is 135 cm³/mol. The fourth-order valence-electron chi connectivity index (χ4n) is 4.39. The molecule has 0 aliphatic heterocycles. The largest absolute Gasteiger partial charge is 0.392 e. The van der Waals surface area contributed by atoms with Crippen molar-refractivity contribution in [2.45, 2.75) is 39.3 Å². The molecular weight excluding hydrogens is 440 g/mol. The van der Waals surface area contributed by atoms with E-state index in [2.05, 4.69) is 27.5 Å². The number of aliphatic hydroxyl groups excluding tert-OH is 1. The highest BCUT2D eigenvalue weighted by Gasteiger charge is 2.15. The number of nitrogens with zero attached hydrogens (tertiary/aromatic N) is 5. The number of benzene rings is 3. The molecule has 0 spiro atoms. The lowest BCUT2D eigenvalue weighted by atomic mass is 9.98. The van der Waals surface area contributed by atoms with Crippen LogP contribution in [-0.2, 0) is 19.6 Å². The maximum absolute atomic E-state index is 13.6. The lowest BCUT2D eigenvalue weighted by molar-refractivity contribution is 0.283. The summed E-state index contributed by atoms with van der Waals surface area (Å²) in [4.78, 5) is 18.4. The Morgan fingerprint density at radius 3 is 2.49 bits per heavy atom. The van der Waals surface area contributed by atoms with Gasteiger partial charge in [-0.25, -0.2) is 10.1 Å². The molecule has 0 fully saturated rings. The highest BCUT2D eigenvalue weighted by molar-refractivity contribution is 5.81. The van der Waals surface area contributed by atoms with E-state index in [-0.39, 0.29) is 12.2 Å². The van der Waals surface area contributed by atoms with Crippen molar-refractivity contribution in [3.8, 4) is 22.5 Å². The molecule has 5 aromatic rings. The smallest absolute Gasteiger partial charge is 0.262 e. The Kier molecular flexibility index (Phi) is 6.45. The van der Waals surface area contributed by atoms with E-state index >= 15 is 0 Å². The minimum absolute atomic E-state index is 0.113. The van der Waals surface area contributed by atoms with Crippen LogP contribution in [0.1, 0.15) is 36.7 Å². The van der Waals surface area contributed by atoms with Crippen molar-refractivity contribution < 1.29 is 5.11 Å². The SMILES string of the molecule is CCCCc1nc2cccc(CO)c2c(=O)n1Cc1ccc(-c2ccccc2-c2nnn[nH]2)cc1. The second kappa shape index (κ2) is 9.99. The Balaban J connectivity index is 1.53. The van der Waals surface area contributed by atoms with Crippen LogP contribution < -0.4 is 5.56 Å². The molecular formula is C27H26N6O2. The molecule has 0 saturated carbocycles. The summed E-state index contributed by atoms with van der Waals surface area (Å²) in [5.74, 6) is 1.38. The number of H-pyrrole nitrogens is 1. The van der Waals surface area contributed by atoms with Gasteiger partial charge in [-0.05, 0) is 45.2 Å². The van der Waals surface area contributed by atoms with Crippen molar-refractivity contribution in [1.29, 1.82) is 0 Å². The molecule has 0 aliphatic carbocycles. The van der Waals surface area contributed by atoms with E-state index in [0.717, 1.165) is 47.3 Å². The minimum Gasteiger partial charge on any atom is -0.392 e. The number of unbranched alkanes of at least 4 members (excludes halogenated alkanes) is 1. The molecule has 2 aromatic heterocycles. The predicted octanol–water partition coefficient (Wildman–Crippen LogP) is 4.13. The van der Waals surface area contributed by atoms with Gasteiger partial charge in [-0.2, -0.15) is 0 Å². The Hall–Kier alpha value is -4.17. The zero-order chi connectivity index (χ0) is 24.2. The van der Waals surface area contributed by atoms with Crippen molar-refractivity contribution >= 4 is 10.9 Å². The number of tetrazole rings is 1. The number of aryl methyl sites for hydroxylation is 1. The van der Waals surface area contributed by atoms with Crippen LogP contribution in [0.2, 0.25) is 0 Å². The molecule has 176 valence electrons. The van der Waals surface area contributed by atoms with Gasteiger partial charge in [0, 0.05) is 12.0 Å². The second-order valence-electron chi connectivity index (χ2n) is 8.48. The molecule has 8 heteroatoms. The molecule has 0 bridgehead atoms. The van der Waals surface area contributed by atoms with Crippen molar-refractivity contribution in [2.75, 3.05) is 0 Å². The number of fused-ring (bicyclic) bond motifs is 1. The Labute approximate surface area is 202 Å². The van der Waals surface area contributed by atoms with Gasteiger partial charge in [0.2, 0.25) is 0 Å². The third-order valence-corrected chi connectivity index (χ3v) is 6.21. The van der Waals surface area contributed by atoms with Gasteiger partial charge < -0.3 is 5.11 Å². The highest BCUT2D eigenvalue weighted by atomic mass is 16.3. The molecule has 2 heterocycles. The molecule has 8 nitrogen and oxygen atoms in total. The summed E-state index contributed by atoms with van der Waals surface area (Å²) in [6, 6.07) is 21.5. The van der Waals surface area contributed by atoms with Crippen molar-refractivity contribution in [2.24, 2.45) is 0 Å². The number of hydrogen-bond acceptors (Lipinski definition) is 6. The van der Waals surface area contributed by atoms with Crippen LogP contribution in [0.15, 0.2) is 71.5 Å². The van der Waals surface area contributed by atoms with Gasteiger partial charge in [0.25, 0.3) is 5.56 Å². The minimum atomic E-state index is -0.197. The van der Waals surface area contributed by atoms with Gasteiger partial charge in [-0.1, -0.05) is 74.0 Å². The molecule has 5 rings (SSSR count). The van der Waals surface area contributed by atoms with E-state index in [4.69, 9.17) is 4.98 Å². The van der Waals surface area contributed by atoms with Crippen LogP contribution >= 0.6 is 0 Å². The van der Waals surface area contributed by atoms with Crippen LogP contribution in [0, 0.1) is 0 Å². The molecule has 2 N–H and O–H groups in total. The van der Waals surface area contributed by atoms with E-state index < -0.39 is 0 Å². The normalized spacial score (nSPS) is 11.3. The summed E-state index contributed by atoms with van der Waals surface area (Å²) in [6.07, 6.45) is 2.69. The van der Waals surface area contributed by atoms with Gasteiger partial charge in [0.1, 0.15) is 5.82 Å². The van der Waals surface area contributed by atoms with E-state index in [9.17, 15) is 9.90 Å². The van der Waals surface area contributed by atoms with Crippen LogP contribution in [0.3, 0.4) is 0 Å². The molecule has 0 saturated heterocycles. The number of aromatic amines is 1. The average molecular weight is 467 g/mol. The molecule has 3 aromatic carbocycles. The van der Waals surface area contributed by atoms with Crippen LogP contribution in [0.5, 0.6) is 0 Å². The average Bonchev–Trinajstić information content (AvgIpc) is 3.44. The third-order valence-electron chi connectivity index (χ3n) is 6.21. The summed E-state index contributed by atoms with van der Waals surface area (Å²) in [6.45, 7) is 2.34. The first-order valence-electron chi connectivity index (χ1n) is 11.7. The van der Waals surface area contributed by atoms with E-state index in [0.29, 0.717) is 28.8 Å². The Morgan fingerprint density at radius 1 is 0.971 bits per heavy atom. The number of aromatic nitrogens is 6. The van der Waals surface area contributed by atoms with E-state index in [1.165, 1.54) is 0 Å². The topological polar surface area (TPSA) is 110 Å². The lowest BCUT2D eigenvalue weighted by Gasteiger charge is -2.15. The maximum atomic E-state index is 13.6. The first-order chi connectivity index (χ1) is 17.2. The zero-order valence-electron chi connectivity index (χ0n) is 19.5. The summed E-state index contributed by atoms with van der Waals surface area (Å²) >= 11 is 0. The van der Waals surface area contributed by atoms with Crippen molar-refractivity contribution in [3.63, 3.8) is 0 Å². The Bertz CT molecular complexity index is 1510. The fraction of sp³-hybridized carbons (Fsp3) is 0.222. The molecule has 0 unspecified atom stereocenters. The summed E-state index contributed by atoms with van der Waals surface area (Å²) < 4.78 is 1.75. The Morgan fingerprint density at radius 2 is 1.77 bits per heavy atom. The quantitative estimate of drug-likeness (QED) is 0.356. The van der Waals surface area contributed by atoms with Crippen molar-refractivity contribution in [3.05, 3.63) is 94.0 Å². The van der Waals surface area contributed by atoms with Crippen LogP contribution in [0.4, 0.5) is 0 Å². The van der Waals surface area contributed by atoms with Gasteiger partial charge >= 0.3 is 0 Å². The number of aliphatic hydroxyl groups is 1. The second-order valence-corrected chi connectivity index (χ2v) is 8.48. The first-order valence-corrected chi connectivity index (χ1v) is 11.7. The molecule has 0 aliphatic rings. The monoisotopic (exact) mass is 466 g/mol. The van der Waals surface area contributed by atoms with E-state index in [1.807, 2.05) is 60.7 Å². The first kappa shape index (κ1) is 22.6. The fourth-order valence-corrected chi connectivity index (χ4v) is 4.39. The van der Waals surface area contributed by atoms with Gasteiger partial charge in [0.15, 0.2) is 5.82 Å². The summed E-state index contributed by atoms with van der Waals surface area (Å²) in [7, 11) is 0. The molecule has 0 atom stereocenters. The van der Waals surface area contributed by atoms with Crippen LogP contribution in [0.25, 0.3) is 33.4 Å². The highest BCUT2D eigenvalue weighted by Crippen LogP contribution is 2.30. The summed E-state index contributed by atoms with van der Waals surface area (Å²) in [5.41, 5.74) is 5.07. The molecule has 35 heavy (non-hydrogen) atoms. The maximum Gasteiger partial charge on any atom is 0.262 e. The third kappa shape index (κ3) is 4.48. The summed E-state index contributed by atoms with van der Waals surface area (Å²) in [5, 5.41) is 24.5. The van der Waals surface area contributed by atoms with Gasteiger partial charge in [0.05, 0.1) is 24.1 Å². The zero-order valence-corrected chi connectivity index (χ0v) is 19.5. The van der Waals surface area contributed by atoms with E-state index in [1.54, 1.807) is 10.6 Å². The van der Waals surface area contributed by atoms with Crippen molar-refractivity contribution in [1.82, 2.24) is 30.2 Å². The van der Waals surface area contributed by atoms with Gasteiger partial charge in [-0.3, -0.25) is 9.36 Å².